The number of carboxylic acids is 1. The Kier molecular flexibility index (Phi) is 4.94. The van der Waals surface area contributed by atoms with Crippen LogP contribution in [0.5, 0.6) is 0 Å². The zero-order chi connectivity index (χ0) is 12.0. The van der Waals surface area contributed by atoms with Gasteiger partial charge >= 0.3 is 5.97 Å². The second kappa shape index (κ2) is 6.24. The highest BCUT2D eigenvalue weighted by molar-refractivity contribution is 5.69. The van der Waals surface area contributed by atoms with Gasteiger partial charge in [0.25, 0.3) is 0 Å². The van der Waals surface area contributed by atoms with Crippen molar-refractivity contribution in [1.29, 1.82) is 0 Å². The van der Waals surface area contributed by atoms with Crippen LogP contribution in [0.4, 0.5) is 0 Å². The molecule has 0 unspecified atom stereocenters. The van der Waals surface area contributed by atoms with Gasteiger partial charge in [-0.15, -0.1) is 0 Å². The Bertz CT molecular complexity index is 338. The van der Waals surface area contributed by atoms with Crippen LogP contribution in [-0.2, 0) is 23.1 Å². The third-order valence-corrected chi connectivity index (χ3v) is 2.28. The number of aliphatic carboxylic acids is 1. The molecule has 16 heavy (non-hydrogen) atoms. The summed E-state index contributed by atoms with van der Waals surface area (Å²) in [6, 6.07) is 1.88. The van der Waals surface area contributed by atoms with E-state index in [1.807, 2.05) is 18.0 Å². The predicted molar refractivity (Wildman–Crippen MR) is 58.0 cm³/mol. The number of carboxylic acid groups (broad SMARTS) is 1. The van der Waals surface area contributed by atoms with Gasteiger partial charge in [-0.05, 0) is 6.07 Å². The average molecular weight is 227 g/mol. The van der Waals surface area contributed by atoms with E-state index in [1.54, 1.807) is 18.0 Å². The number of rotatable bonds is 7. The molecule has 0 fully saturated rings. The molecule has 0 saturated heterocycles. The van der Waals surface area contributed by atoms with Gasteiger partial charge in [0, 0.05) is 33.4 Å². The van der Waals surface area contributed by atoms with Crippen LogP contribution in [0.2, 0.25) is 0 Å². The summed E-state index contributed by atoms with van der Waals surface area (Å²) in [6.07, 6.45) is 1.70. The number of ether oxygens (including phenoxy) is 1. The van der Waals surface area contributed by atoms with E-state index in [2.05, 4.69) is 5.10 Å². The molecular formula is C10H17N3O3. The molecular weight excluding hydrogens is 210 g/mol. The normalized spacial score (nSPS) is 10.9. The molecule has 6 heteroatoms. The minimum Gasteiger partial charge on any atom is -0.480 e. The largest absolute Gasteiger partial charge is 0.480 e. The highest BCUT2D eigenvalue weighted by atomic mass is 16.5. The molecule has 0 aliphatic carbocycles. The summed E-state index contributed by atoms with van der Waals surface area (Å²) < 4.78 is 6.68. The summed E-state index contributed by atoms with van der Waals surface area (Å²) in [5.41, 5.74) is 0.984. The van der Waals surface area contributed by atoms with E-state index in [9.17, 15) is 4.79 Å². The summed E-state index contributed by atoms with van der Waals surface area (Å²) in [6.45, 7) is 1.68. The Morgan fingerprint density at radius 3 is 2.94 bits per heavy atom. The van der Waals surface area contributed by atoms with Gasteiger partial charge in [0.1, 0.15) is 0 Å². The van der Waals surface area contributed by atoms with Gasteiger partial charge in [0.2, 0.25) is 0 Å². The monoisotopic (exact) mass is 227 g/mol. The average Bonchev–Trinajstić information content (AvgIpc) is 2.60. The van der Waals surface area contributed by atoms with Crippen LogP contribution in [0, 0.1) is 0 Å². The van der Waals surface area contributed by atoms with E-state index in [-0.39, 0.29) is 6.54 Å². The topological polar surface area (TPSA) is 67.6 Å². The molecule has 0 spiro atoms. The zero-order valence-electron chi connectivity index (χ0n) is 9.59. The van der Waals surface area contributed by atoms with Crippen molar-refractivity contribution in [2.75, 3.05) is 26.8 Å². The van der Waals surface area contributed by atoms with Crippen LogP contribution in [0.25, 0.3) is 0 Å². The second-order valence-electron chi connectivity index (χ2n) is 3.54. The second-order valence-corrected chi connectivity index (χ2v) is 3.54. The Hall–Kier alpha value is -1.40. The summed E-state index contributed by atoms with van der Waals surface area (Å²) in [4.78, 5) is 12.5. The molecule has 6 nitrogen and oxygen atoms in total. The molecule has 0 bridgehead atoms. The predicted octanol–water partition coefficient (Wildman–Crippen LogP) is -0.0469. The van der Waals surface area contributed by atoms with Gasteiger partial charge in [0.05, 0.1) is 18.8 Å². The van der Waals surface area contributed by atoms with Gasteiger partial charge in [0.15, 0.2) is 0 Å². The smallest absolute Gasteiger partial charge is 0.317 e. The van der Waals surface area contributed by atoms with Gasteiger partial charge in [-0.3, -0.25) is 14.4 Å². The molecule has 0 aliphatic heterocycles. The molecule has 1 rings (SSSR count). The first-order chi connectivity index (χ1) is 7.63. The number of carbonyl (C=O) groups is 1. The summed E-state index contributed by atoms with van der Waals surface area (Å²) in [7, 11) is 3.44. The molecule has 0 radical (unpaired) electrons. The Labute approximate surface area is 94.4 Å². The lowest BCUT2D eigenvalue weighted by molar-refractivity contribution is -0.138. The van der Waals surface area contributed by atoms with E-state index >= 15 is 0 Å². The SMILES string of the molecule is COCCN(CC(=O)O)Cc1ccnn1C. The fourth-order valence-corrected chi connectivity index (χ4v) is 1.41. The van der Waals surface area contributed by atoms with Crippen molar-refractivity contribution < 1.29 is 14.6 Å². The lowest BCUT2D eigenvalue weighted by Crippen LogP contribution is -2.32. The summed E-state index contributed by atoms with van der Waals surface area (Å²) in [5.74, 6) is -0.835. The fourth-order valence-electron chi connectivity index (χ4n) is 1.41. The molecule has 90 valence electrons. The summed E-state index contributed by atoms with van der Waals surface area (Å²) in [5, 5.41) is 12.8. The minimum atomic E-state index is -0.835. The standard InChI is InChI=1S/C10H17N3O3/c1-12-9(3-4-11-12)7-13(5-6-16-2)8-10(14)15/h3-4H,5-8H2,1-2H3,(H,14,15). The molecule has 1 aromatic heterocycles. The van der Waals surface area contributed by atoms with Crippen molar-refractivity contribution in [1.82, 2.24) is 14.7 Å². The van der Waals surface area contributed by atoms with Crippen molar-refractivity contribution >= 4 is 5.97 Å². The van der Waals surface area contributed by atoms with Gasteiger partial charge < -0.3 is 9.84 Å². The van der Waals surface area contributed by atoms with Crippen LogP contribution in [0.1, 0.15) is 5.69 Å². The Morgan fingerprint density at radius 1 is 1.69 bits per heavy atom. The van der Waals surface area contributed by atoms with Crippen LogP contribution in [-0.4, -0.2) is 52.6 Å². The number of methoxy groups -OCH3 is 1. The minimum absolute atomic E-state index is 0.00847. The molecule has 0 atom stereocenters. The lowest BCUT2D eigenvalue weighted by Gasteiger charge is -2.19. The van der Waals surface area contributed by atoms with Crippen molar-refractivity contribution in [3.63, 3.8) is 0 Å². The van der Waals surface area contributed by atoms with E-state index in [0.29, 0.717) is 19.7 Å². The lowest BCUT2D eigenvalue weighted by atomic mass is 10.3. The van der Waals surface area contributed by atoms with Crippen molar-refractivity contribution in [2.45, 2.75) is 6.54 Å². The number of aromatic nitrogens is 2. The van der Waals surface area contributed by atoms with Gasteiger partial charge in [-0.2, -0.15) is 5.10 Å². The number of hydrogen-bond acceptors (Lipinski definition) is 4. The molecule has 1 N–H and O–H groups in total. The van der Waals surface area contributed by atoms with Crippen molar-refractivity contribution in [3.8, 4) is 0 Å². The summed E-state index contributed by atoms with van der Waals surface area (Å²) >= 11 is 0. The molecule has 1 aromatic rings. The molecule has 1 heterocycles. The van der Waals surface area contributed by atoms with Crippen LogP contribution >= 0.6 is 0 Å². The third kappa shape index (κ3) is 4.00. The maximum absolute atomic E-state index is 10.7. The van der Waals surface area contributed by atoms with E-state index < -0.39 is 5.97 Å². The maximum Gasteiger partial charge on any atom is 0.317 e. The van der Waals surface area contributed by atoms with E-state index in [1.165, 1.54) is 0 Å². The van der Waals surface area contributed by atoms with Crippen molar-refractivity contribution in [3.05, 3.63) is 18.0 Å². The van der Waals surface area contributed by atoms with Crippen molar-refractivity contribution in [2.24, 2.45) is 7.05 Å². The van der Waals surface area contributed by atoms with Crippen LogP contribution in [0.3, 0.4) is 0 Å². The maximum atomic E-state index is 10.7. The number of aryl methyl sites for hydroxylation is 1. The fraction of sp³-hybridized carbons (Fsp3) is 0.600. The van der Waals surface area contributed by atoms with Gasteiger partial charge in [-0.25, -0.2) is 0 Å². The molecule has 0 aromatic carbocycles. The highest BCUT2D eigenvalue weighted by Gasteiger charge is 2.11. The number of hydrogen-bond donors (Lipinski definition) is 1. The van der Waals surface area contributed by atoms with E-state index in [0.717, 1.165) is 5.69 Å². The Balaban J connectivity index is 2.55. The first kappa shape index (κ1) is 12.7. The highest BCUT2D eigenvalue weighted by Crippen LogP contribution is 2.02. The first-order valence-corrected chi connectivity index (χ1v) is 5.03. The zero-order valence-corrected chi connectivity index (χ0v) is 9.59. The molecule has 0 saturated carbocycles. The molecule has 0 aliphatic rings. The van der Waals surface area contributed by atoms with E-state index in [4.69, 9.17) is 9.84 Å². The van der Waals surface area contributed by atoms with Crippen LogP contribution in [0.15, 0.2) is 12.3 Å². The number of nitrogens with zero attached hydrogens (tertiary/aromatic N) is 3. The Morgan fingerprint density at radius 2 is 2.44 bits per heavy atom. The first-order valence-electron chi connectivity index (χ1n) is 5.03. The quantitative estimate of drug-likeness (QED) is 0.707. The molecule has 0 amide bonds. The third-order valence-electron chi connectivity index (χ3n) is 2.28. The van der Waals surface area contributed by atoms with Crippen LogP contribution < -0.4 is 0 Å². The van der Waals surface area contributed by atoms with Gasteiger partial charge in [-0.1, -0.05) is 0 Å².